The summed E-state index contributed by atoms with van der Waals surface area (Å²) in [7, 11) is 0. The van der Waals surface area contributed by atoms with Crippen molar-refractivity contribution in [3.63, 3.8) is 0 Å². The number of hydrogen-bond donors (Lipinski definition) is 1. The lowest BCUT2D eigenvalue weighted by molar-refractivity contribution is -0.121. The molecule has 2 heterocycles. The molecule has 30 heavy (non-hydrogen) atoms. The Labute approximate surface area is 179 Å². The number of carbonyl (C=O) groups is 2. The van der Waals surface area contributed by atoms with Crippen LogP contribution in [0.2, 0.25) is 0 Å². The van der Waals surface area contributed by atoms with Gasteiger partial charge in [0.1, 0.15) is 0 Å². The van der Waals surface area contributed by atoms with Gasteiger partial charge in [0.05, 0.1) is 12.0 Å². The number of amides is 2. The molecule has 2 aliphatic heterocycles. The summed E-state index contributed by atoms with van der Waals surface area (Å²) in [5.41, 5.74) is 2.88. The molecule has 2 fully saturated rings. The maximum Gasteiger partial charge on any atom is 0.255 e. The highest BCUT2D eigenvalue weighted by molar-refractivity contribution is 6.00. The molecule has 0 radical (unpaired) electrons. The third-order valence-corrected chi connectivity index (χ3v) is 6.19. The van der Waals surface area contributed by atoms with Crippen LogP contribution in [0.1, 0.15) is 48.0 Å². The third-order valence-electron chi connectivity index (χ3n) is 6.19. The minimum absolute atomic E-state index is 0.0836. The molecule has 2 saturated heterocycles. The normalized spacial score (nSPS) is 17.6. The van der Waals surface area contributed by atoms with Crippen LogP contribution in [0.4, 0.5) is 5.69 Å². The molecule has 0 atom stereocenters. The average Bonchev–Trinajstić information content (AvgIpc) is 2.80. The Morgan fingerprint density at radius 1 is 0.833 bits per heavy atom. The molecule has 2 aliphatic rings. The second kappa shape index (κ2) is 9.79. The zero-order chi connectivity index (χ0) is 20.8. The van der Waals surface area contributed by atoms with Crippen molar-refractivity contribution in [1.82, 2.24) is 10.2 Å². The molecule has 158 valence electrons. The predicted octanol–water partition coefficient (Wildman–Crippen LogP) is 3.64. The van der Waals surface area contributed by atoms with Gasteiger partial charge in [-0.15, -0.1) is 0 Å². The molecule has 2 aromatic carbocycles. The lowest BCUT2D eigenvalue weighted by Crippen LogP contribution is -2.45. The van der Waals surface area contributed by atoms with E-state index < -0.39 is 0 Å². The van der Waals surface area contributed by atoms with Gasteiger partial charge in [-0.3, -0.25) is 9.59 Å². The van der Waals surface area contributed by atoms with Gasteiger partial charge in [-0.05, 0) is 49.8 Å². The standard InChI is InChI=1S/C25H31N3O2/c29-24(19-20-9-3-1-4-10-20)26-21-13-17-27(18-14-21)23-12-6-5-11-22(23)25(30)28-15-7-2-8-16-28/h1,3-6,9-12,21H,2,7-8,13-19H2,(H,26,29). The predicted molar refractivity (Wildman–Crippen MR) is 120 cm³/mol. The van der Waals surface area contributed by atoms with E-state index in [2.05, 4.69) is 16.3 Å². The Morgan fingerprint density at radius 3 is 2.23 bits per heavy atom. The monoisotopic (exact) mass is 405 g/mol. The summed E-state index contributed by atoms with van der Waals surface area (Å²) in [6.07, 6.45) is 5.63. The van der Waals surface area contributed by atoms with Gasteiger partial charge in [-0.2, -0.15) is 0 Å². The molecule has 0 aromatic heterocycles. The van der Waals surface area contributed by atoms with Crippen LogP contribution in [0.25, 0.3) is 0 Å². The van der Waals surface area contributed by atoms with Gasteiger partial charge in [0, 0.05) is 37.9 Å². The smallest absolute Gasteiger partial charge is 0.255 e. The first-order valence-corrected chi connectivity index (χ1v) is 11.2. The summed E-state index contributed by atoms with van der Waals surface area (Å²) < 4.78 is 0. The molecule has 0 aliphatic carbocycles. The van der Waals surface area contributed by atoms with E-state index in [1.807, 2.05) is 53.4 Å². The average molecular weight is 406 g/mol. The van der Waals surface area contributed by atoms with E-state index in [0.717, 1.165) is 68.7 Å². The quantitative estimate of drug-likeness (QED) is 0.826. The first kappa shape index (κ1) is 20.5. The number of para-hydroxylation sites is 1. The lowest BCUT2D eigenvalue weighted by Gasteiger charge is -2.36. The van der Waals surface area contributed by atoms with Crippen molar-refractivity contribution in [2.75, 3.05) is 31.1 Å². The Hall–Kier alpha value is -2.82. The van der Waals surface area contributed by atoms with Gasteiger partial charge in [-0.1, -0.05) is 42.5 Å². The number of carbonyl (C=O) groups excluding carboxylic acids is 2. The highest BCUT2D eigenvalue weighted by atomic mass is 16.2. The van der Waals surface area contributed by atoms with E-state index in [-0.39, 0.29) is 17.9 Å². The number of nitrogens with one attached hydrogen (secondary N) is 1. The molecule has 5 nitrogen and oxygen atoms in total. The van der Waals surface area contributed by atoms with E-state index in [0.29, 0.717) is 6.42 Å². The fraction of sp³-hybridized carbons (Fsp3) is 0.440. The summed E-state index contributed by atoms with van der Waals surface area (Å²) in [4.78, 5) is 29.8. The zero-order valence-corrected chi connectivity index (χ0v) is 17.6. The summed E-state index contributed by atoms with van der Waals surface area (Å²) in [5.74, 6) is 0.240. The number of rotatable bonds is 5. The fourth-order valence-electron chi connectivity index (χ4n) is 4.52. The van der Waals surface area contributed by atoms with Crippen molar-refractivity contribution in [3.05, 3.63) is 65.7 Å². The van der Waals surface area contributed by atoms with Gasteiger partial charge < -0.3 is 15.1 Å². The van der Waals surface area contributed by atoms with Crippen molar-refractivity contribution in [2.24, 2.45) is 0 Å². The van der Waals surface area contributed by atoms with Crippen LogP contribution in [-0.4, -0.2) is 48.9 Å². The van der Waals surface area contributed by atoms with E-state index in [4.69, 9.17) is 0 Å². The highest BCUT2D eigenvalue weighted by Crippen LogP contribution is 2.26. The second-order valence-electron chi connectivity index (χ2n) is 8.36. The minimum atomic E-state index is 0.0836. The SMILES string of the molecule is O=C(Cc1ccccc1)NC1CCN(c2ccccc2C(=O)N2CCCCC2)CC1. The van der Waals surface area contributed by atoms with Gasteiger partial charge >= 0.3 is 0 Å². The number of hydrogen-bond acceptors (Lipinski definition) is 3. The molecule has 0 unspecified atom stereocenters. The lowest BCUT2D eigenvalue weighted by atomic mass is 10.0. The fourth-order valence-corrected chi connectivity index (χ4v) is 4.52. The van der Waals surface area contributed by atoms with Crippen molar-refractivity contribution in [3.8, 4) is 0 Å². The van der Waals surface area contributed by atoms with Crippen molar-refractivity contribution < 1.29 is 9.59 Å². The number of likely N-dealkylation sites (tertiary alicyclic amines) is 1. The van der Waals surface area contributed by atoms with Crippen LogP contribution in [0, 0.1) is 0 Å². The van der Waals surface area contributed by atoms with Crippen LogP contribution < -0.4 is 10.2 Å². The molecule has 1 N–H and O–H groups in total. The zero-order valence-electron chi connectivity index (χ0n) is 17.6. The van der Waals surface area contributed by atoms with Crippen molar-refractivity contribution in [1.29, 1.82) is 0 Å². The largest absolute Gasteiger partial charge is 0.371 e. The van der Waals surface area contributed by atoms with Crippen LogP contribution >= 0.6 is 0 Å². The van der Waals surface area contributed by atoms with E-state index >= 15 is 0 Å². The molecule has 4 rings (SSSR count). The summed E-state index contributed by atoms with van der Waals surface area (Å²) in [6.45, 7) is 3.42. The number of anilines is 1. The Bertz CT molecular complexity index is 854. The summed E-state index contributed by atoms with van der Waals surface area (Å²) >= 11 is 0. The third kappa shape index (κ3) is 5.02. The molecular formula is C25H31N3O2. The Kier molecular flexibility index (Phi) is 6.67. The number of piperidine rings is 2. The van der Waals surface area contributed by atoms with Gasteiger partial charge in [0.15, 0.2) is 0 Å². The summed E-state index contributed by atoms with van der Waals surface area (Å²) in [6, 6.07) is 18.0. The maximum atomic E-state index is 13.1. The first-order chi connectivity index (χ1) is 14.7. The second-order valence-corrected chi connectivity index (χ2v) is 8.36. The van der Waals surface area contributed by atoms with E-state index in [1.165, 1.54) is 6.42 Å². The van der Waals surface area contributed by atoms with Crippen LogP contribution in [0.3, 0.4) is 0 Å². The number of nitrogens with zero attached hydrogens (tertiary/aromatic N) is 2. The molecule has 5 heteroatoms. The topological polar surface area (TPSA) is 52.7 Å². The highest BCUT2D eigenvalue weighted by Gasteiger charge is 2.26. The molecule has 0 spiro atoms. The summed E-state index contributed by atoms with van der Waals surface area (Å²) in [5, 5.41) is 3.19. The van der Waals surface area contributed by atoms with E-state index in [9.17, 15) is 9.59 Å². The van der Waals surface area contributed by atoms with Crippen molar-refractivity contribution >= 4 is 17.5 Å². The Balaban J connectivity index is 1.34. The van der Waals surface area contributed by atoms with Gasteiger partial charge in [-0.25, -0.2) is 0 Å². The molecule has 0 saturated carbocycles. The van der Waals surface area contributed by atoms with Gasteiger partial charge in [0.25, 0.3) is 5.91 Å². The van der Waals surface area contributed by atoms with Crippen LogP contribution in [0.5, 0.6) is 0 Å². The molecule has 0 bridgehead atoms. The van der Waals surface area contributed by atoms with Crippen LogP contribution in [0.15, 0.2) is 54.6 Å². The maximum absolute atomic E-state index is 13.1. The molecular weight excluding hydrogens is 374 g/mol. The van der Waals surface area contributed by atoms with Crippen molar-refractivity contribution in [2.45, 2.75) is 44.6 Å². The Morgan fingerprint density at radius 2 is 1.50 bits per heavy atom. The first-order valence-electron chi connectivity index (χ1n) is 11.2. The number of benzene rings is 2. The van der Waals surface area contributed by atoms with Crippen LogP contribution in [-0.2, 0) is 11.2 Å². The van der Waals surface area contributed by atoms with Gasteiger partial charge in [0.2, 0.25) is 5.91 Å². The molecule has 2 amide bonds. The van der Waals surface area contributed by atoms with E-state index in [1.54, 1.807) is 0 Å². The minimum Gasteiger partial charge on any atom is -0.371 e. The molecule has 2 aromatic rings.